The molecule has 0 bridgehead atoms. The minimum atomic E-state index is -5.16. The first-order valence-corrected chi connectivity index (χ1v) is 9.16. The molecule has 2 unspecified atom stereocenters. The van der Waals surface area contributed by atoms with E-state index < -0.39 is 47.2 Å². The Bertz CT molecular complexity index is 940. The maximum Gasteiger partial charge on any atom is 0.416 e. The summed E-state index contributed by atoms with van der Waals surface area (Å²) in [5, 5.41) is 9.59. The third kappa shape index (κ3) is 5.16. The van der Waals surface area contributed by atoms with Crippen LogP contribution in [0.2, 0.25) is 0 Å². The number of hydrogen-bond acceptors (Lipinski definition) is 1. The molecule has 1 N–H and O–H groups in total. The fraction of sp³-hybridized carbons (Fsp3) is 0.429. The fourth-order valence-electron chi connectivity index (χ4n) is 3.62. The van der Waals surface area contributed by atoms with Crippen LogP contribution in [0.1, 0.15) is 47.6 Å². The van der Waals surface area contributed by atoms with Crippen LogP contribution in [0.15, 0.2) is 30.3 Å². The molecule has 1 nitrogen and oxygen atoms in total. The van der Waals surface area contributed by atoms with Gasteiger partial charge in [0.25, 0.3) is 0 Å². The second-order valence-corrected chi connectivity index (χ2v) is 7.20. The number of aliphatic hydroxyl groups is 1. The predicted octanol–water partition coefficient (Wildman–Crippen LogP) is 7.29. The van der Waals surface area contributed by atoms with E-state index in [0.717, 1.165) is 38.1 Å². The van der Waals surface area contributed by atoms with Crippen molar-refractivity contribution in [2.45, 2.75) is 57.7 Å². The van der Waals surface area contributed by atoms with E-state index in [1.54, 1.807) is 6.92 Å². The van der Waals surface area contributed by atoms with Crippen molar-refractivity contribution >= 4 is 0 Å². The molecule has 0 amide bonds. The average Bonchev–Trinajstić information content (AvgIpc) is 2.63. The largest absolute Gasteiger partial charge is 0.416 e. The molecule has 10 heteroatoms. The van der Waals surface area contributed by atoms with Gasteiger partial charge in [0.05, 0.1) is 11.1 Å². The van der Waals surface area contributed by atoms with Crippen LogP contribution in [0.25, 0.3) is 11.1 Å². The van der Waals surface area contributed by atoms with Crippen LogP contribution in [0.3, 0.4) is 0 Å². The van der Waals surface area contributed by atoms with E-state index in [4.69, 9.17) is 0 Å². The molecule has 0 radical (unpaired) electrons. The molecule has 0 aliphatic carbocycles. The van der Waals surface area contributed by atoms with Crippen molar-refractivity contribution in [2.24, 2.45) is 0 Å². The van der Waals surface area contributed by atoms with Crippen LogP contribution < -0.4 is 0 Å². The van der Waals surface area contributed by atoms with Crippen molar-refractivity contribution in [3.8, 4) is 11.1 Å². The molecule has 2 rings (SSSR count). The fourth-order valence-corrected chi connectivity index (χ4v) is 3.62. The summed E-state index contributed by atoms with van der Waals surface area (Å²) in [5.41, 5.74) is -2.82. The molecular formula is C21H19F9O. The number of halogens is 9. The van der Waals surface area contributed by atoms with Crippen LogP contribution in [-0.4, -0.2) is 17.4 Å². The first kappa shape index (κ1) is 25.0. The van der Waals surface area contributed by atoms with Gasteiger partial charge >= 0.3 is 18.5 Å². The van der Waals surface area contributed by atoms with Gasteiger partial charge in [0.15, 0.2) is 6.10 Å². The molecular weight excluding hydrogens is 439 g/mol. The van der Waals surface area contributed by atoms with Crippen molar-refractivity contribution in [1.29, 1.82) is 0 Å². The van der Waals surface area contributed by atoms with Crippen molar-refractivity contribution < 1.29 is 44.6 Å². The Morgan fingerprint density at radius 3 is 1.84 bits per heavy atom. The highest BCUT2D eigenvalue weighted by Crippen LogP contribution is 2.44. The van der Waals surface area contributed by atoms with Crippen LogP contribution in [0, 0.1) is 6.92 Å². The number of alkyl halides is 9. The van der Waals surface area contributed by atoms with Crippen molar-refractivity contribution in [2.75, 3.05) is 0 Å². The summed E-state index contributed by atoms with van der Waals surface area (Å²) in [6.07, 6.45) is -17.7. The molecule has 0 fully saturated rings. The summed E-state index contributed by atoms with van der Waals surface area (Å²) in [5.74, 6) is -1.96. The number of rotatable bonds is 4. The first-order valence-electron chi connectivity index (χ1n) is 9.16. The van der Waals surface area contributed by atoms with E-state index in [9.17, 15) is 44.6 Å². The van der Waals surface area contributed by atoms with E-state index in [0.29, 0.717) is 6.07 Å². The molecule has 2 atom stereocenters. The Balaban J connectivity index is 2.78. The van der Waals surface area contributed by atoms with Crippen LogP contribution in [0.5, 0.6) is 0 Å². The topological polar surface area (TPSA) is 20.2 Å². The predicted molar refractivity (Wildman–Crippen MR) is 96.5 cm³/mol. The van der Waals surface area contributed by atoms with Gasteiger partial charge in [-0.15, -0.1) is 0 Å². The molecule has 0 saturated carbocycles. The lowest BCUT2D eigenvalue weighted by Gasteiger charge is -2.28. The minimum Gasteiger partial charge on any atom is -0.383 e. The molecule has 2 aromatic carbocycles. The van der Waals surface area contributed by atoms with Gasteiger partial charge in [-0.3, -0.25) is 0 Å². The zero-order chi connectivity index (χ0) is 23.9. The summed E-state index contributed by atoms with van der Waals surface area (Å²) in [4.78, 5) is 0. The van der Waals surface area contributed by atoms with Crippen LogP contribution >= 0.6 is 0 Å². The van der Waals surface area contributed by atoms with E-state index in [-0.39, 0.29) is 28.7 Å². The molecule has 0 heterocycles. The lowest BCUT2D eigenvalue weighted by molar-refractivity contribution is -0.210. The Morgan fingerprint density at radius 2 is 1.39 bits per heavy atom. The minimum absolute atomic E-state index is 0.0646. The zero-order valence-corrected chi connectivity index (χ0v) is 16.6. The first-order chi connectivity index (χ1) is 14.0. The average molecular weight is 458 g/mol. The Kier molecular flexibility index (Phi) is 6.76. The van der Waals surface area contributed by atoms with Gasteiger partial charge in [0, 0.05) is 5.92 Å². The highest BCUT2D eigenvalue weighted by molar-refractivity contribution is 5.73. The molecule has 0 spiro atoms. The van der Waals surface area contributed by atoms with Gasteiger partial charge in [0.1, 0.15) is 0 Å². The monoisotopic (exact) mass is 458 g/mol. The number of aliphatic hydroxyl groups excluding tert-OH is 1. The Morgan fingerprint density at radius 1 is 0.839 bits per heavy atom. The molecule has 172 valence electrons. The summed E-state index contributed by atoms with van der Waals surface area (Å²) < 4.78 is 119. The molecule has 0 aliphatic rings. The zero-order valence-electron chi connectivity index (χ0n) is 16.6. The summed E-state index contributed by atoms with van der Waals surface area (Å²) in [7, 11) is 0. The molecule has 0 saturated heterocycles. The van der Waals surface area contributed by atoms with Gasteiger partial charge in [-0.1, -0.05) is 26.0 Å². The lowest BCUT2D eigenvalue weighted by atomic mass is 9.82. The Labute approximate surface area is 172 Å². The SMILES string of the molecule is CCc1cc(C(F)(F)F)ccc1-c1ccc(C(F)(F)F)c(C(C)C(O)C(F)(F)F)c1C. The number of hydrogen-bond donors (Lipinski definition) is 1. The van der Waals surface area contributed by atoms with Gasteiger partial charge < -0.3 is 5.11 Å². The highest BCUT2D eigenvalue weighted by Gasteiger charge is 2.46. The lowest BCUT2D eigenvalue weighted by Crippen LogP contribution is -2.34. The third-order valence-corrected chi connectivity index (χ3v) is 5.19. The molecule has 0 aromatic heterocycles. The van der Waals surface area contributed by atoms with E-state index in [2.05, 4.69) is 0 Å². The van der Waals surface area contributed by atoms with Gasteiger partial charge in [-0.25, -0.2) is 0 Å². The van der Waals surface area contributed by atoms with E-state index in [1.165, 1.54) is 0 Å². The van der Waals surface area contributed by atoms with E-state index >= 15 is 0 Å². The normalized spacial score (nSPS) is 15.1. The quantitative estimate of drug-likeness (QED) is 0.477. The van der Waals surface area contributed by atoms with Crippen molar-refractivity contribution in [1.82, 2.24) is 0 Å². The van der Waals surface area contributed by atoms with Crippen molar-refractivity contribution in [3.05, 3.63) is 58.1 Å². The van der Waals surface area contributed by atoms with Crippen LogP contribution in [0.4, 0.5) is 39.5 Å². The number of aryl methyl sites for hydroxylation is 1. The van der Waals surface area contributed by atoms with Gasteiger partial charge in [-0.2, -0.15) is 39.5 Å². The van der Waals surface area contributed by atoms with Crippen molar-refractivity contribution in [3.63, 3.8) is 0 Å². The maximum absolute atomic E-state index is 13.5. The second-order valence-electron chi connectivity index (χ2n) is 7.20. The summed E-state index contributed by atoms with van der Waals surface area (Å²) in [6.45, 7) is 3.54. The van der Waals surface area contributed by atoms with E-state index in [1.807, 2.05) is 0 Å². The number of benzene rings is 2. The maximum atomic E-state index is 13.5. The highest BCUT2D eigenvalue weighted by atomic mass is 19.4. The molecule has 2 aromatic rings. The Hall–Kier alpha value is -2.23. The molecule has 31 heavy (non-hydrogen) atoms. The van der Waals surface area contributed by atoms with Gasteiger partial charge in [0.2, 0.25) is 0 Å². The second kappa shape index (κ2) is 8.37. The standard InChI is InChI=1S/C21H19F9O/c1-4-12-9-13(19(22,23)24)5-6-15(12)14-7-8-16(20(25,26)27)17(10(14)2)11(3)18(31)21(28,29)30/h5-9,11,18,31H,4H2,1-3H3. The van der Waals surface area contributed by atoms with Gasteiger partial charge in [-0.05, 0) is 59.4 Å². The smallest absolute Gasteiger partial charge is 0.383 e. The van der Waals surface area contributed by atoms with Crippen LogP contribution in [-0.2, 0) is 18.8 Å². The molecule has 0 aliphatic heterocycles. The summed E-state index contributed by atoms with van der Waals surface area (Å²) >= 11 is 0. The third-order valence-electron chi connectivity index (χ3n) is 5.19. The summed E-state index contributed by atoms with van der Waals surface area (Å²) in [6, 6.07) is 4.33.